The normalized spacial score (nSPS) is 21.4. The Morgan fingerprint density at radius 1 is 1.80 bits per heavy atom. The maximum absolute atomic E-state index is 10.0. The molecular formula is C7H13NO2. The van der Waals surface area contributed by atoms with Crippen molar-refractivity contribution in [1.29, 1.82) is 0 Å². The van der Waals surface area contributed by atoms with E-state index in [1.54, 1.807) is 0 Å². The van der Waals surface area contributed by atoms with Gasteiger partial charge >= 0.3 is 5.97 Å². The van der Waals surface area contributed by atoms with Crippen LogP contribution in [-0.2, 0) is 4.79 Å². The number of rotatable bonds is 1. The summed E-state index contributed by atoms with van der Waals surface area (Å²) >= 11 is 0. The molecule has 0 aromatic heterocycles. The highest BCUT2D eigenvalue weighted by Crippen LogP contribution is 2.12. The topological polar surface area (TPSA) is 49.3 Å². The summed E-state index contributed by atoms with van der Waals surface area (Å²) in [5.74, 6) is -0.794. The number of hydrogen-bond acceptors (Lipinski definition) is 2. The molecule has 1 atom stereocenters. The lowest BCUT2D eigenvalue weighted by Gasteiger charge is -2.26. The first-order valence-corrected chi connectivity index (χ1v) is 3.37. The number of aliphatic carboxylic acids is 1. The van der Waals surface area contributed by atoms with Crippen LogP contribution < -0.4 is 5.32 Å². The van der Waals surface area contributed by atoms with E-state index in [2.05, 4.69) is 11.9 Å². The highest BCUT2D eigenvalue weighted by atomic mass is 16.4. The van der Waals surface area contributed by atoms with Gasteiger partial charge < -0.3 is 10.4 Å². The van der Waals surface area contributed by atoms with Gasteiger partial charge in [-0.05, 0) is 0 Å². The molecule has 1 aliphatic rings. The van der Waals surface area contributed by atoms with Crippen molar-refractivity contribution in [2.45, 2.75) is 26.3 Å². The SMILES string of the molecule is C=C1CC(C(=O)O)N1.CC. The summed E-state index contributed by atoms with van der Waals surface area (Å²) in [5.41, 5.74) is 0.817. The Labute approximate surface area is 60.7 Å². The molecule has 1 fully saturated rings. The monoisotopic (exact) mass is 143 g/mol. The molecule has 0 bridgehead atoms. The molecule has 3 heteroatoms. The number of carboxylic acid groups (broad SMARTS) is 1. The Morgan fingerprint density at radius 3 is 2.30 bits per heavy atom. The fourth-order valence-corrected chi connectivity index (χ4v) is 0.621. The first kappa shape index (κ1) is 9.01. The Balaban J connectivity index is 0.000000371. The van der Waals surface area contributed by atoms with Gasteiger partial charge in [0.2, 0.25) is 0 Å². The maximum Gasteiger partial charge on any atom is 0.326 e. The average molecular weight is 143 g/mol. The third-order valence-electron chi connectivity index (χ3n) is 1.13. The fourth-order valence-electron chi connectivity index (χ4n) is 0.621. The van der Waals surface area contributed by atoms with Crippen LogP contribution in [-0.4, -0.2) is 17.1 Å². The van der Waals surface area contributed by atoms with Gasteiger partial charge in [-0.2, -0.15) is 0 Å². The van der Waals surface area contributed by atoms with Crippen molar-refractivity contribution >= 4 is 5.97 Å². The van der Waals surface area contributed by atoms with Crippen LogP contribution in [0.3, 0.4) is 0 Å². The number of carbonyl (C=O) groups is 1. The zero-order valence-electron chi connectivity index (χ0n) is 6.35. The van der Waals surface area contributed by atoms with E-state index in [-0.39, 0.29) is 6.04 Å². The third kappa shape index (κ3) is 2.09. The predicted octanol–water partition coefficient (Wildman–Crippen LogP) is 0.973. The van der Waals surface area contributed by atoms with Crippen LogP contribution in [0.1, 0.15) is 20.3 Å². The summed E-state index contributed by atoms with van der Waals surface area (Å²) in [6, 6.07) is -0.373. The Bertz CT molecular complexity index is 135. The highest BCUT2D eigenvalue weighted by molar-refractivity contribution is 5.75. The van der Waals surface area contributed by atoms with E-state index in [0.717, 1.165) is 5.70 Å². The molecule has 1 rings (SSSR count). The molecule has 0 aromatic rings. The highest BCUT2D eigenvalue weighted by Gasteiger charge is 2.26. The summed E-state index contributed by atoms with van der Waals surface area (Å²) in [5, 5.41) is 10.9. The lowest BCUT2D eigenvalue weighted by Crippen LogP contribution is -2.45. The van der Waals surface area contributed by atoms with Crippen molar-refractivity contribution < 1.29 is 9.90 Å². The molecule has 0 radical (unpaired) electrons. The van der Waals surface area contributed by atoms with Crippen LogP contribution in [0.25, 0.3) is 0 Å². The van der Waals surface area contributed by atoms with Crippen molar-refractivity contribution in [3.8, 4) is 0 Å². The molecule has 3 nitrogen and oxygen atoms in total. The first-order chi connectivity index (χ1) is 4.70. The van der Waals surface area contributed by atoms with E-state index in [4.69, 9.17) is 5.11 Å². The van der Waals surface area contributed by atoms with E-state index in [0.29, 0.717) is 6.42 Å². The Morgan fingerprint density at radius 2 is 2.20 bits per heavy atom. The zero-order chi connectivity index (χ0) is 8.15. The molecule has 1 aliphatic heterocycles. The van der Waals surface area contributed by atoms with E-state index in [9.17, 15) is 4.79 Å². The van der Waals surface area contributed by atoms with Crippen LogP contribution in [0.2, 0.25) is 0 Å². The maximum atomic E-state index is 10.0. The first-order valence-electron chi connectivity index (χ1n) is 3.37. The molecule has 0 amide bonds. The molecule has 1 saturated heterocycles. The van der Waals surface area contributed by atoms with Crippen molar-refractivity contribution in [2.24, 2.45) is 0 Å². The van der Waals surface area contributed by atoms with Crippen molar-refractivity contribution in [2.75, 3.05) is 0 Å². The predicted molar refractivity (Wildman–Crippen MR) is 39.7 cm³/mol. The molecule has 10 heavy (non-hydrogen) atoms. The second kappa shape index (κ2) is 3.93. The van der Waals surface area contributed by atoms with Crippen LogP contribution in [0.5, 0.6) is 0 Å². The summed E-state index contributed by atoms with van der Waals surface area (Å²) < 4.78 is 0. The van der Waals surface area contributed by atoms with Crippen molar-refractivity contribution in [3.63, 3.8) is 0 Å². The van der Waals surface area contributed by atoms with Crippen molar-refractivity contribution in [3.05, 3.63) is 12.3 Å². The van der Waals surface area contributed by atoms with Gasteiger partial charge in [0.25, 0.3) is 0 Å². The van der Waals surface area contributed by atoms with Gasteiger partial charge in [0, 0.05) is 12.1 Å². The number of nitrogens with one attached hydrogen (secondary N) is 1. The Hall–Kier alpha value is -0.990. The van der Waals surface area contributed by atoms with E-state index >= 15 is 0 Å². The minimum Gasteiger partial charge on any atom is -0.480 e. The van der Waals surface area contributed by atoms with Gasteiger partial charge in [0.05, 0.1) is 0 Å². The van der Waals surface area contributed by atoms with Crippen LogP contribution in [0.4, 0.5) is 0 Å². The molecule has 58 valence electrons. The average Bonchev–Trinajstić information content (AvgIpc) is 1.86. The lowest BCUT2D eigenvalue weighted by molar-refractivity contribution is -0.140. The fraction of sp³-hybridized carbons (Fsp3) is 0.571. The van der Waals surface area contributed by atoms with Gasteiger partial charge in [-0.3, -0.25) is 0 Å². The summed E-state index contributed by atoms with van der Waals surface area (Å²) in [6.45, 7) is 7.52. The van der Waals surface area contributed by atoms with Gasteiger partial charge in [0.15, 0.2) is 0 Å². The van der Waals surface area contributed by atoms with E-state index in [1.165, 1.54) is 0 Å². The molecule has 0 aromatic carbocycles. The standard InChI is InChI=1S/C5H7NO2.C2H6/c1-3-2-4(6-3)5(7)8;1-2/h4,6H,1-2H2,(H,7,8);1-2H3. The number of carboxylic acids is 1. The van der Waals surface area contributed by atoms with Crippen LogP contribution in [0.15, 0.2) is 12.3 Å². The van der Waals surface area contributed by atoms with Gasteiger partial charge in [0.1, 0.15) is 6.04 Å². The second-order valence-electron chi connectivity index (χ2n) is 1.84. The van der Waals surface area contributed by atoms with Crippen LogP contribution in [0, 0.1) is 0 Å². The minimum atomic E-state index is -0.794. The molecule has 0 aliphatic carbocycles. The summed E-state index contributed by atoms with van der Waals surface area (Å²) in [6.07, 6.45) is 0.579. The summed E-state index contributed by atoms with van der Waals surface area (Å²) in [4.78, 5) is 10.0. The second-order valence-corrected chi connectivity index (χ2v) is 1.84. The van der Waals surface area contributed by atoms with Crippen LogP contribution >= 0.6 is 0 Å². The molecule has 0 spiro atoms. The minimum absolute atomic E-state index is 0.373. The van der Waals surface area contributed by atoms with Gasteiger partial charge in [-0.1, -0.05) is 20.4 Å². The van der Waals surface area contributed by atoms with Gasteiger partial charge in [-0.15, -0.1) is 0 Å². The molecule has 0 saturated carbocycles. The lowest BCUT2D eigenvalue weighted by atomic mass is 10.1. The largest absolute Gasteiger partial charge is 0.480 e. The summed E-state index contributed by atoms with van der Waals surface area (Å²) in [7, 11) is 0. The molecule has 1 unspecified atom stereocenters. The smallest absolute Gasteiger partial charge is 0.326 e. The molecule has 1 heterocycles. The zero-order valence-corrected chi connectivity index (χ0v) is 6.35. The molecule has 2 N–H and O–H groups in total. The van der Waals surface area contributed by atoms with Crippen molar-refractivity contribution in [1.82, 2.24) is 5.32 Å². The number of hydrogen-bond donors (Lipinski definition) is 2. The Kier molecular flexibility index (Phi) is 3.54. The van der Waals surface area contributed by atoms with E-state index in [1.807, 2.05) is 13.8 Å². The van der Waals surface area contributed by atoms with Gasteiger partial charge in [-0.25, -0.2) is 4.79 Å². The van der Waals surface area contributed by atoms with E-state index < -0.39 is 5.97 Å². The quantitative estimate of drug-likeness (QED) is 0.575. The molecular weight excluding hydrogens is 130 g/mol. The third-order valence-corrected chi connectivity index (χ3v) is 1.13.